The molecule has 1 aromatic carbocycles. The molecule has 0 radical (unpaired) electrons. The lowest BCUT2D eigenvalue weighted by molar-refractivity contribution is -0.146. The van der Waals surface area contributed by atoms with Crippen molar-refractivity contribution in [3.8, 4) is 5.75 Å². The van der Waals surface area contributed by atoms with Crippen molar-refractivity contribution in [1.82, 2.24) is 4.90 Å². The highest BCUT2D eigenvalue weighted by Crippen LogP contribution is 2.52. The Morgan fingerprint density at radius 2 is 1.83 bits per heavy atom. The lowest BCUT2D eigenvalue weighted by Crippen LogP contribution is -2.62. The average molecular weight is 527 g/mol. The Morgan fingerprint density at radius 1 is 1.23 bits per heavy atom. The maximum Gasteiger partial charge on any atom is 0.298 e. The summed E-state index contributed by atoms with van der Waals surface area (Å²) in [6, 6.07) is -0.448. The first kappa shape index (κ1) is 24.9. The summed E-state index contributed by atoms with van der Waals surface area (Å²) in [5, 5.41) is 43.3. The van der Waals surface area contributed by atoms with E-state index < -0.39 is 84.0 Å². The third kappa shape index (κ3) is 3.23. The van der Waals surface area contributed by atoms with Crippen molar-refractivity contribution in [2.24, 2.45) is 11.7 Å². The van der Waals surface area contributed by atoms with E-state index in [4.69, 9.17) is 17.3 Å². The van der Waals surface area contributed by atoms with Crippen molar-refractivity contribution in [1.29, 1.82) is 0 Å². The maximum atomic E-state index is 13.4. The number of aromatic hydroxyl groups is 1. The standard InChI is InChI=1S/C21H19ClN2O10S/c1-24(2)14-8-4-6-3-7-9(22)5-10(35(32,33)34)15(25)12(7)16(26)11(6)18(28)21(8,31)19(29)13(17(14)27)20(23)30/h3,5,8,14,25,27-28,31H,4H2,1-2H3,(H2,23,30)(H,32,33,34). The number of carbonyl (C=O) groups excluding carboxylic acids is 3. The van der Waals surface area contributed by atoms with Crippen LogP contribution in [0.1, 0.15) is 22.3 Å². The third-order valence-corrected chi connectivity index (χ3v) is 7.67. The average Bonchev–Trinajstić information content (AvgIpc) is 2.71. The van der Waals surface area contributed by atoms with Gasteiger partial charge in [0.1, 0.15) is 27.7 Å². The molecule has 4 rings (SSSR count). The number of amides is 1. The Hall–Kier alpha value is -3.23. The highest BCUT2D eigenvalue weighted by atomic mass is 35.5. The first-order valence-electron chi connectivity index (χ1n) is 9.93. The number of hydrogen-bond donors (Lipinski definition) is 6. The van der Waals surface area contributed by atoms with E-state index in [9.17, 15) is 47.8 Å². The number of phenolic OH excluding ortho intramolecular Hbond substituents is 1. The predicted octanol–water partition coefficient (Wildman–Crippen LogP) is 0.245. The minimum Gasteiger partial charge on any atom is -0.510 e. The summed E-state index contributed by atoms with van der Waals surface area (Å²) in [6.07, 6.45) is 0.960. The number of rotatable bonds is 3. The zero-order valence-corrected chi connectivity index (χ0v) is 19.7. The van der Waals surface area contributed by atoms with Crippen LogP contribution in [0, 0.1) is 5.92 Å². The molecule has 1 aromatic rings. The summed E-state index contributed by atoms with van der Waals surface area (Å²) in [4.78, 5) is 38.8. The molecule has 14 heteroatoms. The summed E-state index contributed by atoms with van der Waals surface area (Å²) >= 11 is 6.13. The number of primary amides is 1. The summed E-state index contributed by atoms with van der Waals surface area (Å²) in [5.74, 6) is -8.32. The van der Waals surface area contributed by atoms with Crippen molar-refractivity contribution in [3.63, 3.8) is 0 Å². The Morgan fingerprint density at radius 3 is 2.34 bits per heavy atom. The monoisotopic (exact) mass is 526 g/mol. The number of nitrogens with two attached hydrogens (primary N) is 1. The topological polar surface area (TPSA) is 216 Å². The molecule has 0 aromatic heterocycles. The molecule has 0 bridgehead atoms. The Labute approximate surface area is 203 Å². The molecule has 0 saturated heterocycles. The van der Waals surface area contributed by atoms with E-state index in [1.165, 1.54) is 25.1 Å². The SMILES string of the molecule is CN(C)C1C(O)=C(C(N)=O)C(=O)C2(O)C(O)=C3C(=O)c4c(O)c(S(=O)(=O)O)cc(Cl)c4C=C3CC12. The van der Waals surface area contributed by atoms with E-state index >= 15 is 0 Å². The van der Waals surface area contributed by atoms with Gasteiger partial charge in [-0.1, -0.05) is 11.6 Å². The molecule has 7 N–H and O–H groups in total. The Bertz CT molecular complexity index is 1460. The molecule has 12 nitrogen and oxygen atoms in total. The van der Waals surface area contributed by atoms with Crippen LogP contribution in [-0.2, 0) is 19.7 Å². The first-order chi connectivity index (χ1) is 16.0. The second-order valence-corrected chi connectivity index (χ2v) is 10.4. The number of allylic oxidation sites excluding steroid dienone is 2. The number of aliphatic hydroxyl groups excluding tert-OH is 2. The zero-order chi connectivity index (χ0) is 26.4. The molecule has 0 aliphatic heterocycles. The summed E-state index contributed by atoms with van der Waals surface area (Å²) in [6.45, 7) is 0. The minimum absolute atomic E-state index is 0.0607. The van der Waals surface area contributed by atoms with Crippen LogP contribution in [0.15, 0.2) is 39.2 Å². The number of carbonyl (C=O) groups is 3. The van der Waals surface area contributed by atoms with Gasteiger partial charge in [-0.05, 0) is 38.2 Å². The number of phenols is 1. The molecule has 186 valence electrons. The molecule has 0 spiro atoms. The third-order valence-electron chi connectivity index (χ3n) is 6.49. The van der Waals surface area contributed by atoms with E-state index in [-0.39, 0.29) is 22.6 Å². The number of ketones is 2. The van der Waals surface area contributed by atoms with E-state index in [0.717, 1.165) is 6.07 Å². The van der Waals surface area contributed by atoms with Gasteiger partial charge < -0.3 is 26.2 Å². The van der Waals surface area contributed by atoms with E-state index in [1.807, 2.05) is 0 Å². The minimum atomic E-state index is -5.02. The van der Waals surface area contributed by atoms with Gasteiger partial charge in [0.05, 0.1) is 22.2 Å². The lowest BCUT2D eigenvalue weighted by Gasteiger charge is -2.48. The number of fused-ring (bicyclic) bond motifs is 3. The van der Waals surface area contributed by atoms with Crippen molar-refractivity contribution >= 4 is 45.3 Å². The zero-order valence-electron chi connectivity index (χ0n) is 18.1. The van der Waals surface area contributed by atoms with Crippen LogP contribution in [0.5, 0.6) is 5.75 Å². The van der Waals surface area contributed by atoms with Gasteiger partial charge in [0.25, 0.3) is 16.0 Å². The van der Waals surface area contributed by atoms with Crippen LogP contribution < -0.4 is 5.73 Å². The molecule has 35 heavy (non-hydrogen) atoms. The summed E-state index contributed by atoms with van der Waals surface area (Å²) in [7, 11) is -2.06. The highest BCUT2D eigenvalue weighted by molar-refractivity contribution is 7.86. The predicted molar refractivity (Wildman–Crippen MR) is 119 cm³/mol. The van der Waals surface area contributed by atoms with Crippen LogP contribution in [0.2, 0.25) is 5.02 Å². The van der Waals surface area contributed by atoms with Crippen LogP contribution in [0.4, 0.5) is 0 Å². The molecule has 3 atom stereocenters. The van der Waals surface area contributed by atoms with Crippen LogP contribution in [0.3, 0.4) is 0 Å². The Kier molecular flexibility index (Phi) is 5.43. The van der Waals surface area contributed by atoms with Gasteiger partial charge in [0, 0.05) is 11.5 Å². The van der Waals surface area contributed by atoms with E-state index in [2.05, 4.69) is 0 Å². The highest BCUT2D eigenvalue weighted by Gasteiger charge is 2.62. The van der Waals surface area contributed by atoms with Crippen molar-refractivity contribution in [2.45, 2.75) is 23.0 Å². The summed E-state index contributed by atoms with van der Waals surface area (Å²) in [5.41, 5.74) is 0.0244. The molecule has 1 amide bonds. The number of hydrogen-bond acceptors (Lipinski definition) is 10. The van der Waals surface area contributed by atoms with Crippen molar-refractivity contribution in [3.05, 3.63) is 50.5 Å². The lowest BCUT2D eigenvalue weighted by atomic mass is 9.61. The number of nitrogens with zero attached hydrogens (tertiary/aromatic N) is 1. The first-order valence-corrected chi connectivity index (χ1v) is 11.8. The molecular formula is C21H19ClN2O10S. The largest absolute Gasteiger partial charge is 0.510 e. The van der Waals surface area contributed by atoms with Crippen molar-refractivity contribution < 1.29 is 47.8 Å². The van der Waals surface area contributed by atoms with E-state index in [1.54, 1.807) is 0 Å². The molecule has 3 aliphatic rings. The molecule has 3 unspecified atom stereocenters. The van der Waals surface area contributed by atoms with Gasteiger partial charge >= 0.3 is 0 Å². The quantitative estimate of drug-likeness (QED) is 0.231. The normalized spacial score (nSPS) is 26.4. The fraction of sp³-hybridized carbons (Fsp3) is 0.286. The molecule has 3 aliphatic carbocycles. The smallest absolute Gasteiger partial charge is 0.298 e. The number of likely N-dealkylation sites (N-methyl/N-ethyl adjacent to an activating group) is 1. The van der Waals surface area contributed by atoms with Gasteiger partial charge in [-0.25, -0.2) is 0 Å². The van der Waals surface area contributed by atoms with Gasteiger partial charge in [0.15, 0.2) is 5.60 Å². The molecular weight excluding hydrogens is 508 g/mol. The number of aliphatic hydroxyl groups is 3. The molecule has 0 heterocycles. The Balaban J connectivity index is 2.05. The van der Waals surface area contributed by atoms with Crippen LogP contribution in [-0.4, -0.2) is 81.5 Å². The fourth-order valence-corrected chi connectivity index (χ4v) is 5.93. The second-order valence-electron chi connectivity index (χ2n) is 8.63. The maximum absolute atomic E-state index is 13.4. The molecule has 0 saturated carbocycles. The van der Waals surface area contributed by atoms with Gasteiger partial charge in [-0.2, -0.15) is 8.42 Å². The number of Topliss-reactive ketones (excluding diaryl/α,β-unsaturated/α-hetero) is 2. The molecule has 0 fully saturated rings. The number of halogens is 1. The van der Waals surface area contributed by atoms with Crippen molar-refractivity contribution in [2.75, 3.05) is 14.1 Å². The van der Waals surface area contributed by atoms with Gasteiger partial charge in [0.2, 0.25) is 11.6 Å². The van der Waals surface area contributed by atoms with Crippen LogP contribution in [0.25, 0.3) is 6.08 Å². The second kappa shape index (κ2) is 7.63. The van der Waals surface area contributed by atoms with Crippen LogP contribution >= 0.6 is 11.6 Å². The summed E-state index contributed by atoms with van der Waals surface area (Å²) < 4.78 is 32.7. The fourth-order valence-electron chi connectivity index (χ4n) is 4.99. The van der Waals surface area contributed by atoms with E-state index in [0.29, 0.717) is 0 Å². The van der Waals surface area contributed by atoms with Gasteiger partial charge in [-0.15, -0.1) is 0 Å². The van der Waals surface area contributed by atoms with Gasteiger partial charge in [-0.3, -0.25) is 23.8 Å². The number of benzene rings is 1.